The second-order valence-electron chi connectivity index (χ2n) is 8.02. The summed E-state index contributed by atoms with van der Waals surface area (Å²) < 4.78 is 32.9. The SMILES string of the molecule is O=C(CCCNC(=O)OCC1c2ccccc2-c2ccccc21)Nc1cc(F)c(C(=O)O)c(F)c1. The monoisotopic (exact) mass is 480 g/mol. The highest BCUT2D eigenvalue weighted by atomic mass is 19.1. The Kier molecular flexibility index (Phi) is 7.05. The first-order chi connectivity index (χ1) is 16.8. The number of hydrogen-bond donors (Lipinski definition) is 3. The Morgan fingerprint density at radius 3 is 2.06 bits per heavy atom. The summed E-state index contributed by atoms with van der Waals surface area (Å²) in [7, 11) is 0. The highest BCUT2D eigenvalue weighted by molar-refractivity contribution is 5.93. The van der Waals surface area contributed by atoms with Gasteiger partial charge in [0.05, 0.1) is 0 Å². The topological polar surface area (TPSA) is 105 Å². The molecule has 3 aromatic carbocycles. The van der Waals surface area contributed by atoms with Gasteiger partial charge in [-0.2, -0.15) is 0 Å². The minimum absolute atomic E-state index is 0.0342. The number of benzene rings is 3. The lowest BCUT2D eigenvalue weighted by Gasteiger charge is -2.14. The van der Waals surface area contributed by atoms with Crippen LogP contribution in [-0.2, 0) is 9.53 Å². The van der Waals surface area contributed by atoms with Crippen LogP contribution in [0.25, 0.3) is 11.1 Å². The molecule has 0 bridgehead atoms. The first-order valence-electron chi connectivity index (χ1n) is 11.0. The molecular weight excluding hydrogens is 458 g/mol. The molecule has 1 aliphatic carbocycles. The third-order valence-electron chi connectivity index (χ3n) is 5.73. The predicted molar refractivity (Wildman–Crippen MR) is 124 cm³/mol. The maximum absolute atomic E-state index is 13.7. The standard InChI is InChI=1S/C26H22F2N2O5/c27-21-12-15(13-22(28)24(21)25(32)33)30-23(31)10-5-11-29-26(34)35-14-20-18-8-3-1-6-16(18)17-7-2-4-9-19(17)20/h1-4,6-9,12-13,20H,5,10-11,14H2,(H,29,34)(H,30,31)(H,32,33). The molecule has 3 N–H and O–H groups in total. The van der Waals surface area contributed by atoms with Crippen molar-refractivity contribution in [2.45, 2.75) is 18.8 Å². The highest BCUT2D eigenvalue weighted by Gasteiger charge is 2.29. The van der Waals surface area contributed by atoms with E-state index < -0.39 is 35.2 Å². The van der Waals surface area contributed by atoms with Crippen LogP contribution >= 0.6 is 0 Å². The minimum Gasteiger partial charge on any atom is -0.477 e. The van der Waals surface area contributed by atoms with Crippen LogP contribution in [0.3, 0.4) is 0 Å². The van der Waals surface area contributed by atoms with Crippen molar-refractivity contribution >= 4 is 23.7 Å². The summed E-state index contributed by atoms with van der Waals surface area (Å²) in [6.07, 6.45) is -0.387. The Labute approximate surface area is 199 Å². The number of nitrogens with one attached hydrogen (secondary N) is 2. The van der Waals surface area contributed by atoms with Crippen LogP contribution in [0.5, 0.6) is 0 Å². The zero-order chi connectivity index (χ0) is 24.9. The van der Waals surface area contributed by atoms with Crippen molar-refractivity contribution in [2.24, 2.45) is 0 Å². The molecule has 0 saturated heterocycles. The number of alkyl carbamates (subject to hydrolysis) is 1. The van der Waals surface area contributed by atoms with Gasteiger partial charge in [-0.3, -0.25) is 4.79 Å². The van der Waals surface area contributed by atoms with Crippen LogP contribution in [-0.4, -0.2) is 36.2 Å². The number of carbonyl (C=O) groups excluding carboxylic acids is 2. The summed E-state index contributed by atoms with van der Waals surface area (Å²) in [5.74, 6) is -4.92. The number of fused-ring (bicyclic) bond motifs is 3. The van der Waals surface area contributed by atoms with Crippen molar-refractivity contribution in [3.63, 3.8) is 0 Å². The largest absolute Gasteiger partial charge is 0.477 e. The van der Waals surface area contributed by atoms with Gasteiger partial charge in [0.2, 0.25) is 5.91 Å². The van der Waals surface area contributed by atoms with Crippen LogP contribution in [0.2, 0.25) is 0 Å². The van der Waals surface area contributed by atoms with E-state index in [4.69, 9.17) is 9.84 Å². The lowest BCUT2D eigenvalue weighted by molar-refractivity contribution is -0.116. The van der Waals surface area contributed by atoms with E-state index in [2.05, 4.69) is 10.6 Å². The molecule has 0 aromatic heterocycles. The van der Waals surface area contributed by atoms with Gasteiger partial charge in [-0.15, -0.1) is 0 Å². The molecule has 180 valence electrons. The van der Waals surface area contributed by atoms with Crippen molar-refractivity contribution in [3.05, 3.63) is 89.0 Å². The van der Waals surface area contributed by atoms with Gasteiger partial charge in [0.25, 0.3) is 0 Å². The number of carboxylic acid groups (broad SMARTS) is 1. The van der Waals surface area contributed by atoms with Gasteiger partial charge in [0.1, 0.15) is 23.8 Å². The number of amides is 2. The molecule has 0 saturated carbocycles. The number of ether oxygens (including phenoxy) is 1. The maximum Gasteiger partial charge on any atom is 0.407 e. The molecule has 0 fully saturated rings. The summed E-state index contributed by atoms with van der Waals surface area (Å²) in [5, 5.41) is 13.7. The summed E-state index contributed by atoms with van der Waals surface area (Å²) in [4.78, 5) is 35.0. The smallest absolute Gasteiger partial charge is 0.407 e. The van der Waals surface area contributed by atoms with Crippen LogP contribution in [0, 0.1) is 11.6 Å². The number of hydrogen-bond acceptors (Lipinski definition) is 4. The average molecular weight is 480 g/mol. The van der Waals surface area contributed by atoms with E-state index in [1.54, 1.807) is 0 Å². The Morgan fingerprint density at radius 2 is 1.49 bits per heavy atom. The first kappa shape index (κ1) is 23.9. The minimum atomic E-state index is -1.74. The molecule has 9 heteroatoms. The van der Waals surface area contributed by atoms with E-state index in [1.807, 2.05) is 48.5 Å². The van der Waals surface area contributed by atoms with Crippen LogP contribution in [0.1, 0.15) is 40.2 Å². The number of carboxylic acids is 1. The Hall–Kier alpha value is -4.27. The number of aromatic carboxylic acids is 1. The van der Waals surface area contributed by atoms with Gasteiger partial charge in [-0.1, -0.05) is 48.5 Å². The fraction of sp³-hybridized carbons (Fsp3) is 0.192. The van der Waals surface area contributed by atoms with Gasteiger partial charge in [0.15, 0.2) is 0 Å². The number of carbonyl (C=O) groups is 3. The second-order valence-corrected chi connectivity index (χ2v) is 8.02. The zero-order valence-electron chi connectivity index (χ0n) is 18.5. The molecule has 0 aliphatic heterocycles. The van der Waals surface area contributed by atoms with E-state index in [1.165, 1.54) is 0 Å². The van der Waals surface area contributed by atoms with Crippen molar-refractivity contribution in [1.82, 2.24) is 5.32 Å². The molecular formula is C26H22F2N2O5. The molecule has 3 aromatic rings. The van der Waals surface area contributed by atoms with Crippen molar-refractivity contribution in [2.75, 3.05) is 18.5 Å². The lowest BCUT2D eigenvalue weighted by atomic mass is 9.98. The summed E-state index contributed by atoms with van der Waals surface area (Å²) >= 11 is 0. The highest BCUT2D eigenvalue weighted by Crippen LogP contribution is 2.44. The summed E-state index contributed by atoms with van der Waals surface area (Å²) in [6, 6.07) is 17.4. The summed E-state index contributed by atoms with van der Waals surface area (Å²) in [5.41, 5.74) is 3.17. The van der Waals surface area contributed by atoms with Crippen molar-refractivity contribution in [1.29, 1.82) is 0 Å². The molecule has 0 radical (unpaired) electrons. The Balaban J connectivity index is 1.22. The van der Waals surface area contributed by atoms with Gasteiger partial charge in [0, 0.05) is 24.6 Å². The molecule has 7 nitrogen and oxygen atoms in total. The Bertz CT molecular complexity index is 1230. The number of anilines is 1. The molecule has 35 heavy (non-hydrogen) atoms. The van der Waals surface area contributed by atoms with E-state index >= 15 is 0 Å². The van der Waals surface area contributed by atoms with Crippen molar-refractivity contribution in [3.8, 4) is 11.1 Å². The van der Waals surface area contributed by atoms with E-state index in [-0.39, 0.29) is 37.6 Å². The fourth-order valence-electron chi connectivity index (χ4n) is 4.16. The predicted octanol–water partition coefficient (Wildman–Crippen LogP) is 4.92. The Morgan fingerprint density at radius 1 is 0.914 bits per heavy atom. The second kappa shape index (κ2) is 10.3. The van der Waals surface area contributed by atoms with Crippen LogP contribution in [0.4, 0.5) is 19.3 Å². The fourth-order valence-corrected chi connectivity index (χ4v) is 4.16. The third kappa shape index (κ3) is 5.29. The quantitative estimate of drug-likeness (QED) is 0.397. The van der Waals surface area contributed by atoms with E-state index in [0.29, 0.717) is 0 Å². The zero-order valence-corrected chi connectivity index (χ0v) is 18.5. The lowest BCUT2D eigenvalue weighted by Crippen LogP contribution is -2.27. The molecule has 2 amide bonds. The van der Waals surface area contributed by atoms with Crippen LogP contribution < -0.4 is 10.6 Å². The molecule has 0 spiro atoms. The maximum atomic E-state index is 13.7. The van der Waals surface area contributed by atoms with Crippen molar-refractivity contribution < 1.29 is 33.0 Å². The molecule has 0 atom stereocenters. The molecule has 1 aliphatic rings. The van der Waals surface area contributed by atoms with Crippen LogP contribution in [0.15, 0.2) is 60.7 Å². The van der Waals surface area contributed by atoms with E-state index in [0.717, 1.165) is 34.4 Å². The normalized spacial score (nSPS) is 11.9. The van der Waals surface area contributed by atoms with Gasteiger partial charge < -0.3 is 20.5 Å². The molecule has 0 heterocycles. The van der Waals surface area contributed by atoms with Gasteiger partial charge in [-0.05, 0) is 40.8 Å². The third-order valence-corrected chi connectivity index (χ3v) is 5.73. The molecule has 0 unspecified atom stereocenters. The first-order valence-corrected chi connectivity index (χ1v) is 11.0. The summed E-state index contributed by atoms with van der Waals surface area (Å²) in [6.45, 7) is 0.328. The average Bonchev–Trinajstić information content (AvgIpc) is 3.13. The molecule has 4 rings (SSSR count). The number of rotatable bonds is 8. The van der Waals surface area contributed by atoms with Gasteiger partial charge >= 0.3 is 12.1 Å². The number of halogens is 2. The van der Waals surface area contributed by atoms with E-state index in [9.17, 15) is 23.2 Å². The van der Waals surface area contributed by atoms with Gasteiger partial charge in [-0.25, -0.2) is 18.4 Å².